The van der Waals surface area contributed by atoms with Gasteiger partial charge in [-0.05, 0) is 12.3 Å². The lowest BCUT2D eigenvalue weighted by atomic mass is 9.99. The summed E-state index contributed by atoms with van der Waals surface area (Å²) >= 11 is 0. The van der Waals surface area contributed by atoms with Crippen molar-refractivity contribution >= 4 is 0 Å². The molecule has 0 aliphatic heterocycles. The molecule has 0 heterocycles. The second-order valence-electron chi connectivity index (χ2n) is 4.66. The van der Waals surface area contributed by atoms with Crippen LogP contribution in [0.4, 0.5) is 0 Å². The Balaban J connectivity index is 3.95. The van der Waals surface area contributed by atoms with Crippen LogP contribution in [0.5, 0.6) is 0 Å². The van der Waals surface area contributed by atoms with Crippen molar-refractivity contribution in [1.29, 1.82) is 0 Å². The Labute approximate surface area is 110 Å². The van der Waals surface area contributed by atoms with Gasteiger partial charge in [0.05, 0.1) is 25.4 Å². The maximum atomic E-state index is 9.50. The third-order valence-corrected chi connectivity index (χ3v) is 3.18. The number of hydrogen-bond acceptors (Lipinski definition) is 4. The minimum absolute atomic E-state index is 0.135. The lowest BCUT2D eigenvalue weighted by Crippen LogP contribution is -2.12. The molecule has 0 bridgehead atoms. The van der Waals surface area contributed by atoms with Crippen molar-refractivity contribution in [2.75, 3.05) is 19.8 Å². The van der Waals surface area contributed by atoms with Crippen LogP contribution in [0.15, 0.2) is 11.5 Å². The molecule has 0 aromatic carbocycles. The third-order valence-electron chi connectivity index (χ3n) is 3.18. The minimum Gasteiger partial charge on any atom is -0.481 e. The number of ether oxygens (including phenoxy) is 1. The SMILES string of the molecule is CCCCCCC(CC)COC(O)=C(CO)CO. The van der Waals surface area contributed by atoms with E-state index in [1.54, 1.807) is 0 Å². The topological polar surface area (TPSA) is 69.9 Å². The molecule has 4 nitrogen and oxygen atoms in total. The van der Waals surface area contributed by atoms with Crippen LogP contribution in [0.1, 0.15) is 52.4 Å². The molecular formula is C14H28O4. The zero-order valence-corrected chi connectivity index (χ0v) is 11.7. The Morgan fingerprint density at radius 3 is 2.22 bits per heavy atom. The predicted octanol–water partition coefficient (Wildman–Crippen LogP) is 2.75. The fraction of sp³-hybridized carbons (Fsp3) is 0.857. The molecule has 0 radical (unpaired) electrons. The van der Waals surface area contributed by atoms with E-state index in [1.807, 2.05) is 0 Å². The molecule has 0 rings (SSSR count). The molecule has 0 aliphatic carbocycles. The molecule has 4 heteroatoms. The summed E-state index contributed by atoms with van der Waals surface area (Å²) < 4.78 is 5.21. The van der Waals surface area contributed by atoms with Gasteiger partial charge in [0.1, 0.15) is 0 Å². The predicted molar refractivity (Wildman–Crippen MR) is 72.3 cm³/mol. The van der Waals surface area contributed by atoms with Gasteiger partial charge >= 0.3 is 0 Å². The van der Waals surface area contributed by atoms with Crippen molar-refractivity contribution in [2.24, 2.45) is 5.92 Å². The molecule has 0 saturated heterocycles. The van der Waals surface area contributed by atoms with Gasteiger partial charge in [0.2, 0.25) is 0 Å². The quantitative estimate of drug-likeness (QED) is 0.394. The first-order chi connectivity index (χ1) is 8.69. The Morgan fingerprint density at radius 1 is 1.06 bits per heavy atom. The van der Waals surface area contributed by atoms with E-state index in [9.17, 15) is 5.11 Å². The molecule has 0 spiro atoms. The first kappa shape index (κ1) is 17.3. The zero-order valence-electron chi connectivity index (χ0n) is 11.7. The molecule has 0 saturated carbocycles. The van der Waals surface area contributed by atoms with Gasteiger partial charge in [0, 0.05) is 0 Å². The highest BCUT2D eigenvalue weighted by molar-refractivity contribution is 5.02. The van der Waals surface area contributed by atoms with Gasteiger partial charge in [0.25, 0.3) is 5.95 Å². The van der Waals surface area contributed by atoms with Gasteiger partial charge < -0.3 is 20.1 Å². The highest BCUT2D eigenvalue weighted by Crippen LogP contribution is 2.16. The molecule has 108 valence electrons. The van der Waals surface area contributed by atoms with Crippen LogP contribution in [0.25, 0.3) is 0 Å². The minimum atomic E-state index is -0.379. The molecule has 1 atom stereocenters. The van der Waals surface area contributed by atoms with Gasteiger partial charge in [-0.25, -0.2) is 0 Å². The molecule has 18 heavy (non-hydrogen) atoms. The lowest BCUT2D eigenvalue weighted by molar-refractivity contribution is 0.0555. The second kappa shape index (κ2) is 11.4. The maximum absolute atomic E-state index is 9.50. The molecule has 0 aromatic heterocycles. The van der Waals surface area contributed by atoms with E-state index in [1.165, 1.54) is 25.7 Å². The fourth-order valence-electron chi connectivity index (χ4n) is 1.75. The highest BCUT2D eigenvalue weighted by Gasteiger charge is 2.10. The summed E-state index contributed by atoms with van der Waals surface area (Å²) in [5, 5.41) is 27.2. The number of unbranched alkanes of at least 4 members (excludes halogenated alkanes) is 3. The van der Waals surface area contributed by atoms with Crippen molar-refractivity contribution in [3.63, 3.8) is 0 Å². The molecule has 0 amide bonds. The largest absolute Gasteiger partial charge is 0.481 e. The van der Waals surface area contributed by atoms with E-state index in [-0.39, 0.29) is 24.7 Å². The third kappa shape index (κ3) is 7.56. The summed E-state index contributed by atoms with van der Waals surface area (Å²) in [4.78, 5) is 0. The van der Waals surface area contributed by atoms with Crippen molar-refractivity contribution in [2.45, 2.75) is 52.4 Å². The monoisotopic (exact) mass is 260 g/mol. The normalized spacial score (nSPS) is 12.2. The van der Waals surface area contributed by atoms with Crippen LogP contribution in [0, 0.1) is 5.92 Å². The maximum Gasteiger partial charge on any atom is 0.280 e. The lowest BCUT2D eigenvalue weighted by Gasteiger charge is -2.16. The number of aliphatic hydroxyl groups excluding tert-OH is 3. The van der Waals surface area contributed by atoms with Gasteiger partial charge in [-0.15, -0.1) is 0 Å². The Hall–Kier alpha value is -0.740. The van der Waals surface area contributed by atoms with Crippen molar-refractivity contribution < 1.29 is 20.1 Å². The van der Waals surface area contributed by atoms with Crippen LogP contribution in [0.2, 0.25) is 0 Å². The first-order valence-electron chi connectivity index (χ1n) is 6.94. The summed E-state index contributed by atoms with van der Waals surface area (Å²) in [5.74, 6) is 0.0923. The van der Waals surface area contributed by atoms with Crippen LogP contribution >= 0.6 is 0 Å². The van der Waals surface area contributed by atoms with Crippen molar-refractivity contribution in [1.82, 2.24) is 0 Å². The Bertz CT molecular complexity index is 220. The van der Waals surface area contributed by atoms with E-state index in [0.717, 1.165) is 12.8 Å². The average Bonchev–Trinajstić information content (AvgIpc) is 2.39. The molecule has 0 aliphatic rings. The summed E-state index contributed by atoms with van der Waals surface area (Å²) in [6.45, 7) is 3.98. The van der Waals surface area contributed by atoms with E-state index < -0.39 is 0 Å². The second-order valence-corrected chi connectivity index (χ2v) is 4.66. The smallest absolute Gasteiger partial charge is 0.280 e. The molecule has 0 aromatic rings. The van der Waals surface area contributed by atoms with E-state index in [4.69, 9.17) is 14.9 Å². The Morgan fingerprint density at radius 2 is 1.72 bits per heavy atom. The van der Waals surface area contributed by atoms with Gasteiger partial charge in [-0.1, -0.05) is 46.0 Å². The van der Waals surface area contributed by atoms with Gasteiger partial charge in [0.15, 0.2) is 0 Å². The number of aliphatic hydroxyl groups is 3. The summed E-state index contributed by atoms with van der Waals surface area (Å²) in [6, 6.07) is 0. The fourth-order valence-corrected chi connectivity index (χ4v) is 1.75. The molecule has 1 unspecified atom stereocenters. The van der Waals surface area contributed by atoms with E-state index in [2.05, 4.69) is 13.8 Å². The summed E-state index contributed by atoms with van der Waals surface area (Å²) in [6.07, 6.45) is 7.03. The number of rotatable bonds is 11. The van der Waals surface area contributed by atoms with Gasteiger partial charge in [-0.2, -0.15) is 0 Å². The average molecular weight is 260 g/mol. The first-order valence-corrected chi connectivity index (χ1v) is 6.94. The molecular weight excluding hydrogens is 232 g/mol. The Kier molecular flexibility index (Phi) is 10.9. The summed E-state index contributed by atoms with van der Waals surface area (Å²) in [7, 11) is 0. The summed E-state index contributed by atoms with van der Waals surface area (Å²) in [5.41, 5.74) is 0.135. The van der Waals surface area contributed by atoms with Crippen molar-refractivity contribution in [3.8, 4) is 0 Å². The van der Waals surface area contributed by atoms with E-state index in [0.29, 0.717) is 12.5 Å². The van der Waals surface area contributed by atoms with Crippen LogP contribution in [-0.4, -0.2) is 35.1 Å². The standard InChI is InChI=1S/C14H28O4/c1-3-5-6-7-8-12(4-2)11-18-14(17)13(9-15)10-16/h12,15-17H,3-11H2,1-2H3. The van der Waals surface area contributed by atoms with Crippen LogP contribution < -0.4 is 0 Å². The van der Waals surface area contributed by atoms with Gasteiger partial charge in [-0.3, -0.25) is 0 Å². The van der Waals surface area contributed by atoms with Crippen LogP contribution in [0.3, 0.4) is 0 Å². The van der Waals surface area contributed by atoms with Crippen LogP contribution in [-0.2, 0) is 4.74 Å². The molecule has 0 fully saturated rings. The van der Waals surface area contributed by atoms with E-state index >= 15 is 0 Å². The number of hydrogen-bond donors (Lipinski definition) is 3. The van der Waals surface area contributed by atoms with Crippen molar-refractivity contribution in [3.05, 3.63) is 11.5 Å². The highest BCUT2D eigenvalue weighted by atomic mass is 16.6. The zero-order chi connectivity index (χ0) is 13.8. The molecule has 3 N–H and O–H groups in total.